The summed E-state index contributed by atoms with van der Waals surface area (Å²) in [6, 6.07) is 16.5. The first-order valence-electron chi connectivity index (χ1n) is 11.9. The van der Waals surface area contributed by atoms with Crippen molar-refractivity contribution in [3.05, 3.63) is 103 Å². The Hall–Kier alpha value is -3.77. The minimum Gasteiger partial charge on any atom is -0.449 e. The number of nitrogens with zero attached hydrogens (tertiary/aromatic N) is 2. The van der Waals surface area contributed by atoms with Crippen LogP contribution < -0.4 is 15.6 Å². The quantitative estimate of drug-likeness (QED) is 0.248. The molecule has 1 heterocycles. The summed E-state index contributed by atoms with van der Waals surface area (Å²) in [6.45, 7) is 2.91. The van der Waals surface area contributed by atoms with Gasteiger partial charge in [-0.05, 0) is 62.4 Å². The van der Waals surface area contributed by atoms with Crippen molar-refractivity contribution in [1.82, 2.24) is 9.36 Å². The van der Waals surface area contributed by atoms with Crippen molar-refractivity contribution in [2.75, 3.05) is 10.0 Å². The molecule has 2 N–H and O–H groups in total. The van der Waals surface area contributed by atoms with E-state index in [1.807, 2.05) is 0 Å². The standard InChI is InChI=1S/C27H23Cl3N4O6S/c1-15-24(26(36)34(33(15)3)18-7-5-4-6-8-18)32-41(38,39)19-10-12-21(29)20(14-19)27(37)40-16(2)25(35)31-23-13-17(28)9-11-22(23)30/h4-14,16,32H,1-3H3,(H,31,35)/t16-/m1/s1. The Morgan fingerprint density at radius 3 is 2.29 bits per heavy atom. The number of carbonyl (C=O) groups excluding carboxylic acids is 2. The van der Waals surface area contributed by atoms with Gasteiger partial charge >= 0.3 is 5.97 Å². The molecular weight excluding hydrogens is 615 g/mol. The van der Waals surface area contributed by atoms with Gasteiger partial charge < -0.3 is 10.1 Å². The number of anilines is 2. The molecule has 214 valence electrons. The Morgan fingerprint density at radius 2 is 1.61 bits per heavy atom. The third-order valence-corrected chi connectivity index (χ3v) is 8.34. The van der Waals surface area contributed by atoms with Crippen LogP contribution in [0, 0.1) is 6.92 Å². The van der Waals surface area contributed by atoms with Gasteiger partial charge in [-0.2, -0.15) is 0 Å². The van der Waals surface area contributed by atoms with Crippen molar-refractivity contribution in [2.24, 2.45) is 7.05 Å². The zero-order valence-electron chi connectivity index (χ0n) is 21.8. The number of hydrogen-bond donors (Lipinski definition) is 2. The molecule has 0 unspecified atom stereocenters. The second-order valence-electron chi connectivity index (χ2n) is 8.84. The van der Waals surface area contributed by atoms with Gasteiger partial charge in [-0.3, -0.25) is 19.0 Å². The number of benzene rings is 3. The van der Waals surface area contributed by atoms with E-state index in [2.05, 4.69) is 10.0 Å². The molecule has 1 aromatic heterocycles. The summed E-state index contributed by atoms with van der Waals surface area (Å²) in [5.74, 6) is -1.76. The van der Waals surface area contributed by atoms with Gasteiger partial charge in [-0.25, -0.2) is 17.9 Å². The van der Waals surface area contributed by atoms with E-state index in [4.69, 9.17) is 39.5 Å². The summed E-state index contributed by atoms with van der Waals surface area (Å²) in [6.07, 6.45) is -1.31. The summed E-state index contributed by atoms with van der Waals surface area (Å²) < 4.78 is 37.0. The Labute approximate surface area is 250 Å². The van der Waals surface area contributed by atoms with Crippen molar-refractivity contribution < 1.29 is 22.7 Å². The Bertz CT molecular complexity index is 1820. The summed E-state index contributed by atoms with van der Waals surface area (Å²) in [5.41, 5.74) is 0.0539. The van der Waals surface area contributed by atoms with E-state index < -0.39 is 33.6 Å². The van der Waals surface area contributed by atoms with Gasteiger partial charge in [0, 0.05) is 12.1 Å². The fourth-order valence-electron chi connectivity index (χ4n) is 3.81. The minimum absolute atomic E-state index is 0.109. The highest BCUT2D eigenvalue weighted by atomic mass is 35.5. The largest absolute Gasteiger partial charge is 0.449 e. The Balaban J connectivity index is 1.56. The fraction of sp³-hybridized carbons (Fsp3) is 0.148. The number of nitrogens with one attached hydrogen (secondary N) is 2. The predicted molar refractivity (Wildman–Crippen MR) is 158 cm³/mol. The molecule has 0 radical (unpaired) electrons. The molecule has 1 amide bonds. The van der Waals surface area contributed by atoms with Gasteiger partial charge in [0.2, 0.25) is 0 Å². The van der Waals surface area contributed by atoms with Gasteiger partial charge in [-0.1, -0.05) is 53.0 Å². The molecule has 0 spiro atoms. The number of ether oxygens (including phenoxy) is 1. The van der Waals surface area contributed by atoms with Gasteiger partial charge in [0.1, 0.15) is 5.69 Å². The second kappa shape index (κ2) is 12.0. The smallest absolute Gasteiger partial charge is 0.340 e. The molecule has 0 aliphatic carbocycles. The fourth-order valence-corrected chi connectivity index (χ4v) is 5.49. The molecule has 14 heteroatoms. The second-order valence-corrected chi connectivity index (χ2v) is 11.8. The van der Waals surface area contributed by atoms with Crippen molar-refractivity contribution in [1.29, 1.82) is 0 Å². The minimum atomic E-state index is -4.36. The molecule has 3 aromatic carbocycles. The van der Waals surface area contributed by atoms with Crippen molar-refractivity contribution in [3.63, 3.8) is 0 Å². The summed E-state index contributed by atoms with van der Waals surface area (Å²) in [4.78, 5) is 38.3. The van der Waals surface area contributed by atoms with Crippen LogP contribution in [-0.4, -0.2) is 35.8 Å². The lowest BCUT2D eigenvalue weighted by molar-refractivity contribution is -0.123. The number of carbonyl (C=O) groups is 2. The molecule has 0 aliphatic rings. The maximum absolute atomic E-state index is 13.3. The highest BCUT2D eigenvalue weighted by molar-refractivity contribution is 7.92. The number of amides is 1. The molecule has 0 aliphatic heterocycles. The van der Waals surface area contributed by atoms with Crippen LogP contribution in [-0.2, 0) is 26.6 Å². The van der Waals surface area contributed by atoms with E-state index in [-0.39, 0.29) is 31.9 Å². The molecule has 1 atom stereocenters. The molecule has 4 aromatic rings. The van der Waals surface area contributed by atoms with E-state index in [9.17, 15) is 22.8 Å². The van der Waals surface area contributed by atoms with Crippen molar-refractivity contribution >= 4 is 68.1 Å². The topological polar surface area (TPSA) is 128 Å². The van der Waals surface area contributed by atoms with Crippen molar-refractivity contribution in [3.8, 4) is 5.69 Å². The lowest BCUT2D eigenvalue weighted by Gasteiger charge is -2.15. The highest BCUT2D eigenvalue weighted by Gasteiger charge is 2.26. The van der Waals surface area contributed by atoms with E-state index in [1.165, 1.54) is 40.6 Å². The number of aromatic nitrogens is 2. The molecule has 0 fully saturated rings. The summed E-state index contributed by atoms with van der Waals surface area (Å²) >= 11 is 18.2. The summed E-state index contributed by atoms with van der Waals surface area (Å²) in [7, 11) is -2.74. The molecule has 0 bridgehead atoms. The van der Waals surface area contributed by atoms with Gasteiger partial charge in [-0.15, -0.1) is 0 Å². The average Bonchev–Trinajstić information content (AvgIpc) is 3.13. The Morgan fingerprint density at radius 1 is 0.951 bits per heavy atom. The first kappa shape index (κ1) is 30.2. The maximum Gasteiger partial charge on any atom is 0.340 e. The third kappa shape index (κ3) is 6.43. The summed E-state index contributed by atoms with van der Waals surface area (Å²) in [5, 5.41) is 2.95. The van der Waals surface area contributed by atoms with Crippen LogP contribution in [0.1, 0.15) is 23.0 Å². The number of sulfonamides is 1. The van der Waals surface area contributed by atoms with Crippen LogP contribution in [0.4, 0.5) is 11.4 Å². The molecule has 41 heavy (non-hydrogen) atoms. The van der Waals surface area contributed by atoms with Crippen molar-refractivity contribution in [2.45, 2.75) is 24.8 Å². The number of rotatable bonds is 8. The third-order valence-electron chi connectivity index (χ3n) is 6.10. The first-order chi connectivity index (χ1) is 19.3. The number of para-hydroxylation sites is 1. The first-order valence-corrected chi connectivity index (χ1v) is 14.5. The van der Waals surface area contributed by atoms with Crippen LogP contribution >= 0.6 is 34.8 Å². The number of esters is 1. The van der Waals surface area contributed by atoms with E-state index >= 15 is 0 Å². The maximum atomic E-state index is 13.3. The van der Waals surface area contributed by atoms with Gasteiger partial charge in [0.25, 0.3) is 21.5 Å². The predicted octanol–water partition coefficient (Wildman–Crippen LogP) is 5.43. The highest BCUT2D eigenvalue weighted by Crippen LogP contribution is 2.27. The van der Waals surface area contributed by atoms with Crippen LogP contribution in [0.2, 0.25) is 15.1 Å². The SMILES string of the molecule is Cc1c(NS(=O)(=O)c2ccc(Cl)c(C(=O)O[C@H](C)C(=O)Nc3cc(Cl)ccc3Cl)c2)c(=O)n(-c2ccccc2)n1C. The lowest BCUT2D eigenvalue weighted by atomic mass is 10.2. The van der Waals surface area contributed by atoms with E-state index in [0.29, 0.717) is 16.4 Å². The van der Waals surface area contributed by atoms with E-state index in [1.54, 1.807) is 50.4 Å². The van der Waals surface area contributed by atoms with Crippen LogP contribution in [0.3, 0.4) is 0 Å². The Kier molecular flexibility index (Phi) is 8.83. The molecule has 0 saturated heterocycles. The normalized spacial score (nSPS) is 12.0. The molecule has 0 saturated carbocycles. The van der Waals surface area contributed by atoms with Crippen LogP contribution in [0.25, 0.3) is 5.69 Å². The molecule has 4 rings (SSSR count). The zero-order chi connectivity index (χ0) is 30.1. The average molecular weight is 638 g/mol. The van der Waals surface area contributed by atoms with Gasteiger partial charge in [0.15, 0.2) is 6.10 Å². The lowest BCUT2D eigenvalue weighted by Crippen LogP contribution is -2.30. The zero-order valence-corrected chi connectivity index (χ0v) is 24.9. The van der Waals surface area contributed by atoms with Crippen LogP contribution in [0.15, 0.2) is 76.4 Å². The molecule has 10 nitrogen and oxygen atoms in total. The van der Waals surface area contributed by atoms with Gasteiger partial charge in [0.05, 0.1) is 37.6 Å². The monoisotopic (exact) mass is 636 g/mol. The number of halogens is 3. The van der Waals surface area contributed by atoms with E-state index in [0.717, 1.165) is 6.07 Å². The number of hydrogen-bond acceptors (Lipinski definition) is 6. The van der Waals surface area contributed by atoms with Crippen LogP contribution in [0.5, 0.6) is 0 Å². The molecular formula is C27H23Cl3N4O6S.